The van der Waals surface area contributed by atoms with Gasteiger partial charge in [0.15, 0.2) is 0 Å². The van der Waals surface area contributed by atoms with Crippen LogP contribution in [0.15, 0.2) is 24.3 Å². The molecule has 1 aromatic carbocycles. The van der Waals surface area contributed by atoms with Gasteiger partial charge in [0, 0.05) is 11.4 Å². The van der Waals surface area contributed by atoms with Crippen molar-refractivity contribution in [2.45, 2.75) is 25.1 Å². The van der Waals surface area contributed by atoms with Crippen molar-refractivity contribution in [1.82, 2.24) is 15.3 Å². The first-order valence-corrected chi connectivity index (χ1v) is 6.85. The molecule has 1 aliphatic heterocycles. The van der Waals surface area contributed by atoms with E-state index in [2.05, 4.69) is 20.6 Å². The maximum absolute atomic E-state index is 12.9. The van der Waals surface area contributed by atoms with Gasteiger partial charge in [0.2, 0.25) is 5.82 Å². The largest absolute Gasteiger partial charge is 0.451 e. The van der Waals surface area contributed by atoms with Gasteiger partial charge in [0.1, 0.15) is 5.82 Å². The lowest BCUT2D eigenvalue weighted by molar-refractivity contribution is -0.144. The molecule has 3 rings (SSSR count). The fraction of sp³-hybridized carbons (Fsp3) is 0.429. The van der Waals surface area contributed by atoms with Crippen LogP contribution in [0.25, 0.3) is 10.9 Å². The second kappa shape index (κ2) is 5.48. The molecule has 112 valence electrons. The Labute approximate surface area is 119 Å². The number of rotatable bonds is 2. The molecule has 2 heterocycles. The van der Waals surface area contributed by atoms with E-state index < -0.39 is 12.0 Å². The van der Waals surface area contributed by atoms with Gasteiger partial charge in [-0.05, 0) is 38.1 Å². The molecule has 0 aliphatic carbocycles. The van der Waals surface area contributed by atoms with Crippen LogP contribution in [0, 0.1) is 0 Å². The van der Waals surface area contributed by atoms with Crippen molar-refractivity contribution in [3.8, 4) is 0 Å². The van der Waals surface area contributed by atoms with Crippen molar-refractivity contribution >= 4 is 16.7 Å². The lowest BCUT2D eigenvalue weighted by Gasteiger charge is -2.25. The van der Waals surface area contributed by atoms with Crippen molar-refractivity contribution in [2.24, 2.45) is 0 Å². The van der Waals surface area contributed by atoms with E-state index in [-0.39, 0.29) is 11.9 Å². The lowest BCUT2D eigenvalue weighted by Crippen LogP contribution is -2.35. The summed E-state index contributed by atoms with van der Waals surface area (Å²) in [5.74, 6) is -0.836. The Morgan fingerprint density at radius 3 is 2.52 bits per heavy atom. The van der Waals surface area contributed by atoms with Crippen molar-refractivity contribution < 1.29 is 13.2 Å². The summed E-state index contributed by atoms with van der Waals surface area (Å²) in [6.07, 6.45) is -2.83. The van der Waals surface area contributed by atoms with Crippen LogP contribution in [-0.4, -0.2) is 29.1 Å². The van der Waals surface area contributed by atoms with E-state index in [9.17, 15) is 13.2 Å². The van der Waals surface area contributed by atoms with Crippen LogP contribution >= 0.6 is 0 Å². The number of benzene rings is 1. The molecule has 2 aromatic rings. The lowest BCUT2D eigenvalue weighted by atomic mass is 10.1. The zero-order valence-electron chi connectivity index (χ0n) is 11.2. The van der Waals surface area contributed by atoms with Gasteiger partial charge in [0.25, 0.3) is 0 Å². The number of hydrogen-bond acceptors (Lipinski definition) is 4. The fourth-order valence-electron chi connectivity index (χ4n) is 2.47. The van der Waals surface area contributed by atoms with Crippen LogP contribution in [0.1, 0.15) is 18.7 Å². The molecular weight excluding hydrogens is 281 g/mol. The van der Waals surface area contributed by atoms with Crippen LogP contribution < -0.4 is 10.6 Å². The SMILES string of the molecule is FC(F)(F)c1nc(NC2CCNCC2)c2ccccc2n1. The summed E-state index contributed by atoms with van der Waals surface area (Å²) in [7, 11) is 0. The number of nitrogens with zero attached hydrogens (tertiary/aromatic N) is 2. The van der Waals surface area contributed by atoms with Gasteiger partial charge in [-0.15, -0.1) is 0 Å². The number of hydrogen-bond donors (Lipinski definition) is 2. The Morgan fingerprint density at radius 1 is 1.10 bits per heavy atom. The van der Waals surface area contributed by atoms with E-state index in [1.807, 2.05) is 0 Å². The van der Waals surface area contributed by atoms with Gasteiger partial charge in [-0.3, -0.25) is 0 Å². The molecule has 0 radical (unpaired) electrons. The molecule has 1 aromatic heterocycles. The van der Waals surface area contributed by atoms with Crippen LogP contribution in [0.4, 0.5) is 19.0 Å². The third kappa shape index (κ3) is 3.07. The second-order valence-corrected chi connectivity index (χ2v) is 5.08. The maximum Gasteiger partial charge on any atom is 0.451 e. The topological polar surface area (TPSA) is 49.8 Å². The highest BCUT2D eigenvalue weighted by molar-refractivity contribution is 5.89. The monoisotopic (exact) mass is 296 g/mol. The summed E-state index contributed by atoms with van der Waals surface area (Å²) in [6, 6.07) is 6.88. The van der Waals surface area contributed by atoms with Crippen molar-refractivity contribution in [3.05, 3.63) is 30.1 Å². The van der Waals surface area contributed by atoms with Crippen molar-refractivity contribution in [3.63, 3.8) is 0 Å². The Morgan fingerprint density at radius 2 is 1.81 bits per heavy atom. The van der Waals surface area contributed by atoms with Gasteiger partial charge in [-0.1, -0.05) is 12.1 Å². The summed E-state index contributed by atoms with van der Waals surface area (Å²) in [5, 5.41) is 6.98. The quantitative estimate of drug-likeness (QED) is 0.894. The highest BCUT2D eigenvalue weighted by atomic mass is 19.4. The minimum atomic E-state index is -4.55. The number of alkyl halides is 3. The van der Waals surface area contributed by atoms with Crippen LogP contribution in [-0.2, 0) is 6.18 Å². The van der Waals surface area contributed by atoms with Crippen LogP contribution in [0.2, 0.25) is 0 Å². The summed E-state index contributed by atoms with van der Waals surface area (Å²) < 4.78 is 38.7. The first-order chi connectivity index (χ1) is 10.0. The third-order valence-electron chi connectivity index (χ3n) is 3.54. The van der Waals surface area contributed by atoms with Gasteiger partial charge in [-0.25, -0.2) is 9.97 Å². The molecule has 0 atom stereocenters. The first kappa shape index (κ1) is 14.1. The number of anilines is 1. The molecule has 1 aliphatic rings. The average molecular weight is 296 g/mol. The third-order valence-corrected chi connectivity index (χ3v) is 3.54. The normalized spacial score (nSPS) is 17.1. The number of fused-ring (bicyclic) bond motifs is 1. The number of nitrogens with one attached hydrogen (secondary N) is 2. The van der Waals surface area contributed by atoms with E-state index in [1.165, 1.54) is 0 Å². The van der Waals surface area contributed by atoms with E-state index in [0.717, 1.165) is 25.9 Å². The predicted octanol–water partition coefficient (Wildman–Crippen LogP) is 2.81. The number of aromatic nitrogens is 2. The average Bonchev–Trinajstić information content (AvgIpc) is 2.47. The minimum Gasteiger partial charge on any atom is -0.367 e. The molecule has 0 bridgehead atoms. The summed E-state index contributed by atoms with van der Waals surface area (Å²) in [6.45, 7) is 1.71. The Kier molecular flexibility index (Phi) is 3.67. The zero-order valence-corrected chi connectivity index (χ0v) is 11.2. The van der Waals surface area contributed by atoms with E-state index in [4.69, 9.17) is 0 Å². The second-order valence-electron chi connectivity index (χ2n) is 5.08. The van der Waals surface area contributed by atoms with E-state index in [0.29, 0.717) is 10.9 Å². The van der Waals surface area contributed by atoms with Gasteiger partial charge >= 0.3 is 6.18 Å². The molecule has 1 fully saturated rings. The predicted molar refractivity (Wildman–Crippen MR) is 74.1 cm³/mol. The highest BCUT2D eigenvalue weighted by Crippen LogP contribution is 2.30. The van der Waals surface area contributed by atoms with Crippen molar-refractivity contribution in [1.29, 1.82) is 0 Å². The summed E-state index contributed by atoms with van der Waals surface area (Å²) >= 11 is 0. The molecule has 0 amide bonds. The molecule has 0 unspecified atom stereocenters. The standard InChI is InChI=1S/C14H15F3N4/c15-14(16,17)13-20-11-4-2-1-3-10(11)12(21-13)19-9-5-7-18-8-6-9/h1-4,9,18H,5-8H2,(H,19,20,21). The fourth-order valence-corrected chi connectivity index (χ4v) is 2.47. The summed E-state index contributed by atoms with van der Waals surface area (Å²) in [5.41, 5.74) is 0.302. The highest BCUT2D eigenvalue weighted by Gasteiger charge is 2.35. The van der Waals surface area contributed by atoms with E-state index >= 15 is 0 Å². The molecule has 2 N–H and O–H groups in total. The van der Waals surface area contributed by atoms with Crippen LogP contribution in [0.3, 0.4) is 0 Å². The van der Waals surface area contributed by atoms with Gasteiger partial charge in [-0.2, -0.15) is 13.2 Å². The van der Waals surface area contributed by atoms with Crippen LogP contribution in [0.5, 0.6) is 0 Å². The number of piperidine rings is 1. The molecule has 0 saturated carbocycles. The Hall–Kier alpha value is -1.89. The maximum atomic E-state index is 12.9. The van der Waals surface area contributed by atoms with Gasteiger partial charge < -0.3 is 10.6 Å². The zero-order chi connectivity index (χ0) is 14.9. The Bertz CT molecular complexity index is 636. The van der Waals surface area contributed by atoms with E-state index in [1.54, 1.807) is 24.3 Å². The van der Waals surface area contributed by atoms with Crippen molar-refractivity contribution in [2.75, 3.05) is 18.4 Å². The Balaban J connectivity index is 2.01. The summed E-state index contributed by atoms with van der Waals surface area (Å²) in [4.78, 5) is 7.31. The first-order valence-electron chi connectivity index (χ1n) is 6.85. The molecule has 21 heavy (non-hydrogen) atoms. The minimum absolute atomic E-state index is 0.130. The number of halogens is 3. The smallest absolute Gasteiger partial charge is 0.367 e. The molecular formula is C14H15F3N4. The number of para-hydroxylation sites is 1. The van der Waals surface area contributed by atoms with Gasteiger partial charge in [0.05, 0.1) is 5.52 Å². The molecule has 0 spiro atoms. The molecule has 1 saturated heterocycles. The molecule has 4 nitrogen and oxygen atoms in total. The molecule has 7 heteroatoms.